The minimum Gasteiger partial charge on any atom is -0.496 e. The van der Waals surface area contributed by atoms with Crippen LogP contribution in [-0.2, 0) is 0 Å². The highest BCUT2D eigenvalue weighted by Gasteiger charge is 2.21. The second-order valence-electron chi connectivity index (χ2n) is 4.82. The lowest BCUT2D eigenvalue weighted by molar-refractivity contribution is 0.0999. The van der Waals surface area contributed by atoms with Crippen LogP contribution in [-0.4, -0.2) is 13.0 Å². The fourth-order valence-corrected chi connectivity index (χ4v) is 2.23. The molecule has 1 aromatic rings. The maximum Gasteiger partial charge on any atom is 0.249 e. The zero-order valence-corrected chi connectivity index (χ0v) is 11.2. The SMILES string of the molecule is COc1ccc(C(N)=O)c(C(C)C)c1C(C)C. The van der Waals surface area contributed by atoms with Gasteiger partial charge in [-0.15, -0.1) is 0 Å². The fraction of sp³-hybridized carbons (Fsp3) is 0.500. The molecule has 2 N–H and O–H groups in total. The summed E-state index contributed by atoms with van der Waals surface area (Å²) in [6, 6.07) is 3.57. The Morgan fingerprint density at radius 1 is 1.12 bits per heavy atom. The van der Waals surface area contributed by atoms with E-state index < -0.39 is 0 Å². The van der Waals surface area contributed by atoms with E-state index in [1.165, 1.54) is 0 Å². The first kappa shape index (κ1) is 13.6. The van der Waals surface area contributed by atoms with Gasteiger partial charge in [-0.25, -0.2) is 0 Å². The molecule has 94 valence electrons. The Hall–Kier alpha value is -1.51. The average molecular weight is 235 g/mol. The summed E-state index contributed by atoms with van der Waals surface area (Å²) < 4.78 is 5.38. The van der Waals surface area contributed by atoms with Gasteiger partial charge >= 0.3 is 0 Å². The number of carbonyl (C=O) groups excluding carboxylic acids is 1. The van der Waals surface area contributed by atoms with Crippen LogP contribution in [0.2, 0.25) is 0 Å². The zero-order valence-electron chi connectivity index (χ0n) is 11.2. The average Bonchev–Trinajstić information content (AvgIpc) is 2.26. The number of primary amides is 1. The largest absolute Gasteiger partial charge is 0.496 e. The number of hydrogen-bond acceptors (Lipinski definition) is 2. The normalized spacial score (nSPS) is 11.0. The topological polar surface area (TPSA) is 52.3 Å². The molecular formula is C14H21NO2. The Bertz CT molecular complexity index is 422. The second-order valence-corrected chi connectivity index (χ2v) is 4.82. The van der Waals surface area contributed by atoms with E-state index in [1.54, 1.807) is 13.2 Å². The maximum absolute atomic E-state index is 11.5. The first-order chi connectivity index (χ1) is 7.90. The molecule has 3 nitrogen and oxygen atoms in total. The van der Waals surface area contributed by atoms with Crippen molar-refractivity contribution in [1.82, 2.24) is 0 Å². The third-order valence-corrected chi connectivity index (χ3v) is 2.89. The summed E-state index contributed by atoms with van der Waals surface area (Å²) in [7, 11) is 1.65. The highest BCUT2D eigenvalue weighted by Crippen LogP contribution is 2.36. The van der Waals surface area contributed by atoms with E-state index in [0.717, 1.165) is 16.9 Å². The third-order valence-electron chi connectivity index (χ3n) is 2.89. The van der Waals surface area contributed by atoms with Gasteiger partial charge < -0.3 is 10.5 Å². The van der Waals surface area contributed by atoms with Gasteiger partial charge in [0, 0.05) is 11.1 Å². The van der Waals surface area contributed by atoms with E-state index in [2.05, 4.69) is 27.7 Å². The first-order valence-corrected chi connectivity index (χ1v) is 5.90. The first-order valence-electron chi connectivity index (χ1n) is 5.90. The smallest absolute Gasteiger partial charge is 0.249 e. The van der Waals surface area contributed by atoms with Gasteiger partial charge in [0.2, 0.25) is 5.91 Å². The molecule has 1 aromatic carbocycles. The van der Waals surface area contributed by atoms with Gasteiger partial charge in [-0.2, -0.15) is 0 Å². The lowest BCUT2D eigenvalue weighted by Crippen LogP contribution is -2.17. The second kappa shape index (κ2) is 5.21. The van der Waals surface area contributed by atoms with Crippen LogP contribution in [0, 0.1) is 0 Å². The van der Waals surface area contributed by atoms with Crippen molar-refractivity contribution < 1.29 is 9.53 Å². The molecular weight excluding hydrogens is 214 g/mol. The summed E-state index contributed by atoms with van der Waals surface area (Å²) in [6.45, 7) is 8.31. The van der Waals surface area contributed by atoms with Crippen molar-refractivity contribution in [2.75, 3.05) is 7.11 Å². The molecule has 17 heavy (non-hydrogen) atoms. The minimum absolute atomic E-state index is 0.241. The van der Waals surface area contributed by atoms with Crippen LogP contribution in [0.25, 0.3) is 0 Å². The summed E-state index contributed by atoms with van der Waals surface area (Å²) in [6.07, 6.45) is 0. The Kier molecular flexibility index (Phi) is 4.16. The molecule has 1 amide bonds. The van der Waals surface area contributed by atoms with Crippen LogP contribution in [0.3, 0.4) is 0 Å². The molecule has 0 aliphatic carbocycles. The molecule has 0 heterocycles. The molecule has 0 saturated carbocycles. The molecule has 0 atom stereocenters. The molecule has 0 bridgehead atoms. The van der Waals surface area contributed by atoms with Gasteiger partial charge in [-0.1, -0.05) is 27.7 Å². The quantitative estimate of drug-likeness (QED) is 0.872. The Morgan fingerprint density at radius 2 is 1.65 bits per heavy atom. The van der Waals surface area contributed by atoms with E-state index in [0.29, 0.717) is 11.5 Å². The highest BCUT2D eigenvalue weighted by atomic mass is 16.5. The summed E-state index contributed by atoms with van der Waals surface area (Å²) in [5, 5.41) is 0. The van der Waals surface area contributed by atoms with Gasteiger partial charge in [0.15, 0.2) is 0 Å². The lowest BCUT2D eigenvalue weighted by Gasteiger charge is -2.21. The van der Waals surface area contributed by atoms with Crippen molar-refractivity contribution >= 4 is 5.91 Å². The summed E-state index contributed by atoms with van der Waals surface area (Å²) in [5.41, 5.74) is 8.12. The van der Waals surface area contributed by atoms with E-state index in [-0.39, 0.29) is 11.8 Å². The highest BCUT2D eigenvalue weighted by molar-refractivity contribution is 5.95. The van der Waals surface area contributed by atoms with Crippen LogP contribution in [0.1, 0.15) is 61.0 Å². The maximum atomic E-state index is 11.5. The van der Waals surface area contributed by atoms with Crippen LogP contribution in [0.5, 0.6) is 5.75 Å². The number of carbonyl (C=O) groups is 1. The van der Waals surface area contributed by atoms with Gasteiger partial charge in [-0.05, 0) is 29.5 Å². The third kappa shape index (κ3) is 2.60. The van der Waals surface area contributed by atoms with Crippen LogP contribution in [0.15, 0.2) is 12.1 Å². The number of nitrogens with two attached hydrogens (primary N) is 1. The number of hydrogen-bond donors (Lipinski definition) is 1. The van der Waals surface area contributed by atoms with E-state index in [1.807, 2.05) is 6.07 Å². The predicted molar refractivity (Wildman–Crippen MR) is 69.7 cm³/mol. The van der Waals surface area contributed by atoms with Gasteiger partial charge in [-0.3, -0.25) is 4.79 Å². The summed E-state index contributed by atoms with van der Waals surface area (Å²) in [5.74, 6) is 0.985. The molecule has 0 spiro atoms. The minimum atomic E-state index is -0.377. The number of ether oxygens (including phenoxy) is 1. The molecule has 3 heteroatoms. The Balaban J connectivity index is 3.59. The molecule has 0 unspecified atom stereocenters. The Morgan fingerprint density at radius 3 is 2.00 bits per heavy atom. The van der Waals surface area contributed by atoms with Crippen molar-refractivity contribution in [3.8, 4) is 5.75 Å². The standard InChI is InChI=1S/C14H21NO2/c1-8(2)12-10(14(15)16)6-7-11(17-5)13(12)9(3)4/h6-9H,1-5H3,(H2,15,16). The van der Waals surface area contributed by atoms with Gasteiger partial charge in [0.05, 0.1) is 7.11 Å². The molecule has 0 aromatic heterocycles. The van der Waals surface area contributed by atoms with E-state index in [9.17, 15) is 4.79 Å². The van der Waals surface area contributed by atoms with Crippen molar-refractivity contribution in [1.29, 1.82) is 0 Å². The summed E-state index contributed by atoms with van der Waals surface area (Å²) >= 11 is 0. The van der Waals surface area contributed by atoms with Crippen molar-refractivity contribution in [3.05, 3.63) is 28.8 Å². The van der Waals surface area contributed by atoms with Crippen molar-refractivity contribution in [2.45, 2.75) is 39.5 Å². The van der Waals surface area contributed by atoms with Crippen molar-refractivity contribution in [3.63, 3.8) is 0 Å². The molecule has 0 aliphatic heterocycles. The fourth-order valence-electron chi connectivity index (χ4n) is 2.23. The van der Waals surface area contributed by atoms with Crippen LogP contribution in [0.4, 0.5) is 0 Å². The molecule has 0 aliphatic rings. The number of amides is 1. The number of methoxy groups -OCH3 is 1. The molecule has 0 saturated heterocycles. The summed E-state index contributed by atoms with van der Waals surface area (Å²) in [4.78, 5) is 11.5. The van der Waals surface area contributed by atoms with Gasteiger partial charge in [0.1, 0.15) is 5.75 Å². The number of rotatable bonds is 4. The Labute approximate surface area is 103 Å². The van der Waals surface area contributed by atoms with E-state index in [4.69, 9.17) is 10.5 Å². The van der Waals surface area contributed by atoms with Crippen molar-refractivity contribution in [2.24, 2.45) is 5.73 Å². The monoisotopic (exact) mass is 235 g/mol. The number of benzene rings is 1. The van der Waals surface area contributed by atoms with Crippen LogP contribution < -0.4 is 10.5 Å². The van der Waals surface area contributed by atoms with E-state index >= 15 is 0 Å². The molecule has 0 radical (unpaired) electrons. The van der Waals surface area contributed by atoms with Gasteiger partial charge in [0.25, 0.3) is 0 Å². The molecule has 0 fully saturated rings. The molecule has 1 rings (SSSR count). The van der Waals surface area contributed by atoms with Crippen LogP contribution >= 0.6 is 0 Å². The lowest BCUT2D eigenvalue weighted by atomic mass is 9.86. The predicted octanol–water partition coefficient (Wildman–Crippen LogP) is 3.04. The zero-order chi connectivity index (χ0) is 13.2.